The van der Waals surface area contributed by atoms with Gasteiger partial charge < -0.3 is 15.1 Å². The van der Waals surface area contributed by atoms with Gasteiger partial charge >= 0.3 is 5.97 Å². The second kappa shape index (κ2) is 9.90. The first-order valence-electron chi connectivity index (χ1n) is 5.59. The summed E-state index contributed by atoms with van der Waals surface area (Å²) in [5.41, 5.74) is 0.267. The van der Waals surface area contributed by atoms with E-state index in [2.05, 4.69) is 10.8 Å². The van der Waals surface area contributed by atoms with E-state index in [0.29, 0.717) is 13.0 Å². The average Bonchev–Trinajstić information content (AvgIpc) is 2.23. The molecule has 0 aliphatic heterocycles. The summed E-state index contributed by atoms with van der Waals surface area (Å²) >= 11 is 0. The first-order chi connectivity index (χ1) is 8.24. The molecule has 0 radical (unpaired) electrons. The van der Waals surface area contributed by atoms with Crippen LogP contribution in [0.15, 0.2) is 12.2 Å². The number of hydrogen-bond acceptors (Lipinski definition) is 6. The van der Waals surface area contributed by atoms with E-state index in [0.717, 1.165) is 0 Å². The molecule has 114 valence electrons. The van der Waals surface area contributed by atoms with E-state index in [1.807, 2.05) is 19.0 Å². The third-order valence-corrected chi connectivity index (χ3v) is 3.24. The van der Waals surface area contributed by atoms with E-state index in [-0.39, 0.29) is 30.0 Å². The van der Waals surface area contributed by atoms with Crippen LogP contribution in [0, 0.1) is 0 Å². The van der Waals surface area contributed by atoms with E-state index in [9.17, 15) is 13.2 Å². The van der Waals surface area contributed by atoms with Crippen LogP contribution in [0.3, 0.4) is 0 Å². The lowest BCUT2D eigenvalue weighted by molar-refractivity contribution is -0.139. The van der Waals surface area contributed by atoms with Gasteiger partial charge in [0.15, 0.2) is 0 Å². The summed E-state index contributed by atoms with van der Waals surface area (Å²) in [5.74, 6) is -0.594. The van der Waals surface area contributed by atoms with Gasteiger partial charge in [-0.3, -0.25) is 4.18 Å². The van der Waals surface area contributed by atoms with Gasteiger partial charge in [0.2, 0.25) is 0 Å². The van der Waals surface area contributed by atoms with E-state index in [4.69, 9.17) is 4.74 Å². The molecule has 2 N–H and O–H groups in total. The van der Waals surface area contributed by atoms with Crippen molar-refractivity contribution < 1.29 is 27.6 Å². The molecule has 0 aromatic rings. The van der Waals surface area contributed by atoms with Crippen molar-refractivity contribution in [3.05, 3.63) is 12.2 Å². The average molecular weight is 297 g/mol. The summed E-state index contributed by atoms with van der Waals surface area (Å²) in [6.07, 6.45) is 0.501. The van der Waals surface area contributed by atoms with E-state index in [1.54, 1.807) is 0 Å². The van der Waals surface area contributed by atoms with Gasteiger partial charge in [0.05, 0.1) is 5.75 Å². The van der Waals surface area contributed by atoms with Crippen LogP contribution >= 0.6 is 0 Å². The Labute approximate surface area is 114 Å². The van der Waals surface area contributed by atoms with Crippen LogP contribution in [-0.4, -0.2) is 64.4 Å². The highest BCUT2D eigenvalue weighted by atomic mass is 32.2. The Morgan fingerprint density at radius 3 is 2.32 bits per heavy atom. The second-order valence-corrected chi connectivity index (χ2v) is 5.92. The smallest absolute Gasteiger partial charge is 0.333 e. The highest BCUT2D eigenvalue weighted by Gasteiger charge is 2.11. The van der Waals surface area contributed by atoms with Crippen LogP contribution in [0.25, 0.3) is 0 Å². The first kappa shape index (κ1) is 20.4. The molecule has 0 aliphatic rings. The summed E-state index contributed by atoms with van der Waals surface area (Å²) in [6.45, 7) is 5.33. The Morgan fingerprint density at radius 2 is 1.84 bits per heavy atom. The third-order valence-electron chi connectivity index (χ3n) is 1.93. The topological polar surface area (TPSA) is 104 Å². The molecule has 0 unspecified atom stereocenters. The van der Waals surface area contributed by atoms with Gasteiger partial charge in [0.25, 0.3) is 10.1 Å². The van der Waals surface area contributed by atoms with Crippen LogP contribution in [0.2, 0.25) is 0 Å². The first-order valence-corrected chi connectivity index (χ1v) is 7.17. The Hall–Kier alpha value is -0.960. The van der Waals surface area contributed by atoms with Crippen molar-refractivity contribution in [3.8, 4) is 0 Å². The standard InChI is InChI=1S/C11H21NO5S.H2O/c1-10(2)11(13)16-7-8-17-18(14,15)9-5-6-12(3)4;/h1,5-9H2,2-4H3;1H2. The molecule has 8 heteroatoms. The fourth-order valence-corrected chi connectivity index (χ4v) is 1.96. The molecular formula is C11H23NO6S. The number of hydrogen-bond donors (Lipinski definition) is 0. The molecule has 0 atom stereocenters. The van der Waals surface area contributed by atoms with Gasteiger partial charge in [0.1, 0.15) is 13.2 Å². The summed E-state index contributed by atoms with van der Waals surface area (Å²) in [5, 5.41) is 0. The van der Waals surface area contributed by atoms with Gasteiger partial charge in [-0.1, -0.05) is 6.58 Å². The highest BCUT2D eigenvalue weighted by Crippen LogP contribution is 1.98. The maximum absolute atomic E-state index is 11.4. The van der Waals surface area contributed by atoms with E-state index in [1.165, 1.54) is 6.92 Å². The van der Waals surface area contributed by atoms with Gasteiger partial charge in [-0.25, -0.2) is 4.79 Å². The molecule has 0 spiro atoms. The number of carbonyl (C=O) groups is 1. The minimum Gasteiger partial charge on any atom is -0.460 e. The summed E-state index contributed by atoms with van der Waals surface area (Å²) in [6, 6.07) is 0. The maximum Gasteiger partial charge on any atom is 0.333 e. The highest BCUT2D eigenvalue weighted by molar-refractivity contribution is 7.86. The molecular weight excluding hydrogens is 274 g/mol. The molecule has 0 amide bonds. The lowest BCUT2D eigenvalue weighted by atomic mass is 10.4. The molecule has 0 rings (SSSR count). The molecule has 0 aromatic carbocycles. The number of esters is 1. The molecule has 0 saturated heterocycles. The third kappa shape index (κ3) is 11.8. The summed E-state index contributed by atoms with van der Waals surface area (Å²) < 4.78 is 32.2. The zero-order valence-corrected chi connectivity index (χ0v) is 12.5. The van der Waals surface area contributed by atoms with Crippen molar-refractivity contribution in [2.45, 2.75) is 13.3 Å². The van der Waals surface area contributed by atoms with Crippen molar-refractivity contribution >= 4 is 16.1 Å². The van der Waals surface area contributed by atoms with Crippen molar-refractivity contribution in [1.29, 1.82) is 0 Å². The predicted octanol–water partition coefficient (Wildman–Crippen LogP) is -0.421. The van der Waals surface area contributed by atoms with Gasteiger partial charge in [-0.15, -0.1) is 0 Å². The van der Waals surface area contributed by atoms with Gasteiger partial charge in [-0.05, 0) is 34.0 Å². The number of rotatable bonds is 9. The fourth-order valence-electron chi connectivity index (χ4n) is 1.04. The quantitative estimate of drug-likeness (QED) is 0.248. The van der Waals surface area contributed by atoms with Crippen LogP contribution in [0.1, 0.15) is 13.3 Å². The Morgan fingerprint density at radius 1 is 1.26 bits per heavy atom. The Kier molecular flexibility index (Phi) is 10.6. The van der Waals surface area contributed by atoms with Crippen molar-refractivity contribution in [2.75, 3.05) is 39.6 Å². The molecule has 0 saturated carbocycles. The minimum absolute atomic E-state index is 0. The van der Waals surface area contributed by atoms with Crippen molar-refractivity contribution in [1.82, 2.24) is 4.90 Å². The maximum atomic E-state index is 11.4. The predicted molar refractivity (Wildman–Crippen MR) is 72.3 cm³/mol. The number of nitrogens with zero attached hydrogens (tertiary/aromatic N) is 1. The second-order valence-electron chi connectivity index (χ2n) is 4.16. The normalized spacial score (nSPS) is 10.9. The monoisotopic (exact) mass is 297 g/mol. The van der Waals surface area contributed by atoms with E-state index < -0.39 is 16.1 Å². The zero-order chi connectivity index (χ0) is 14.2. The van der Waals surface area contributed by atoms with Gasteiger partial charge in [0, 0.05) is 5.57 Å². The fraction of sp³-hybridized carbons (Fsp3) is 0.727. The van der Waals surface area contributed by atoms with Crippen LogP contribution in [0.4, 0.5) is 0 Å². The lowest BCUT2D eigenvalue weighted by Gasteiger charge is -2.09. The zero-order valence-electron chi connectivity index (χ0n) is 11.6. The van der Waals surface area contributed by atoms with Crippen LogP contribution in [0.5, 0.6) is 0 Å². The Bertz CT molecular complexity index is 377. The van der Waals surface area contributed by atoms with Crippen LogP contribution < -0.4 is 0 Å². The molecule has 19 heavy (non-hydrogen) atoms. The van der Waals surface area contributed by atoms with Crippen molar-refractivity contribution in [2.24, 2.45) is 0 Å². The summed E-state index contributed by atoms with van der Waals surface area (Å²) in [7, 11) is 0.195. The van der Waals surface area contributed by atoms with Crippen LogP contribution in [-0.2, 0) is 23.8 Å². The number of ether oxygens (including phenoxy) is 1. The molecule has 0 aliphatic carbocycles. The van der Waals surface area contributed by atoms with Gasteiger partial charge in [-0.2, -0.15) is 8.42 Å². The van der Waals surface area contributed by atoms with E-state index >= 15 is 0 Å². The van der Waals surface area contributed by atoms with Crippen molar-refractivity contribution in [3.63, 3.8) is 0 Å². The largest absolute Gasteiger partial charge is 0.460 e. The molecule has 0 bridgehead atoms. The molecule has 0 aromatic heterocycles. The summed E-state index contributed by atoms with van der Waals surface area (Å²) in [4.78, 5) is 12.9. The SMILES string of the molecule is C=C(C)C(=O)OCCOS(=O)(=O)CCCN(C)C.O. The Balaban J connectivity index is 0. The minimum atomic E-state index is -3.54. The lowest BCUT2D eigenvalue weighted by Crippen LogP contribution is -2.20. The molecule has 0 fully saturated rings. The number of carbonyl (C=O) groups excluding carboxylic acids is 1. The molecule has 0 heterocycles. The molecule has 7 nitrogen and oxygen atoms in total.